The van der Waals surface area contributed by atoms with Gasteiger partial charge in [-0.15, -0.1) is 0 Å². The molecule has 0 fully saturated rings. The minimum Gasteiger partial charge on any atom is -0.508 e. The van der Waals surface area contributed by atoms with E-state index in [-0.39, 0.29) is 16.2 Å². The molecule has 0 heterocycles. The van der Waals surface area contributed by atoms with E-state index in [1.54, 1.807) is 0 Å². The molecule has 2 N–H and O–H groups in total. The van der Waals surface area contributed by atoms with Gasteiger partial charge in [0.2, 0.25) is 0 Å². The summed E-state index contributed by atoms with van der Waals surface area (Å²) in [6, 6.07) is 7.61. The summed E-state index contributed by atoms with van der Waals surface area (Å²) in [5, 5.41) is 9.45. The van der Waals surface area contributed by atoms with Gasteiger partial charge in [0.1, 0.15) is 5.75 Å². The number of carbonyl (C=O) groups excluding carboxylic acids is 1. The van der Waals surface area contributed by atoms with E-state index in [9.17, 15) is 18.3 Å². The molecule has 9 heteroatoms. The van der Waals surface area contributed by atoms with Crippen LogP contribution in [-0.2, 0) is 10.1 Å². The van der Waals surface area contributed by atoms with E-state index in [0.29, 0.717) is 12.9 Å². The molecule has 2 rings (SSSR count). The SMILES string of the molecule is O=C(Oc1c(I)cc(O)cc1I)c1ccc(S(=O)(=O)O)cc1. The first kappa shape index (κ1) is 17.4. The van der Waals surface area contributed by atoms with Gasteiger partial charge >= 0.3 is 5.97 Å². The molecule has 0 saturated heterocycles. The second kappa shape index (κ2) is 6.68. The average molecular weight is 546 g/mol. The minimum absolute atomic E-state index is 0.0612. The quantitative estimate of drug-likeness (QED) is 0.266. The van der Waals surface area contributed by atoms with Crippen LogP contribution in [0.2, 0.25) is 0 Å². The number of hydrogen-bond acceptors (Lipinski definition) is 5. The fourth-order valence-corrected chi connectivity index (χ4v) is 3.99. The number of aromatic hydroxyl groups is 1. The van der Waals surface area contributed by atoms with E-state index in [4.69, 9.17) is 9.29 Å². The van der Waals surface area contributed by atoms with Crippen molar-refractivity contribution in [3.63, 3.8) is 0 Å². The molecule has 2 aromatic carbocycles. The van der Waals surface area contributed by atoms with Crippen LogP contribution in [0.5, 0.6) is 11.5 Å². The zero-order valence-electron chi connectivity index (χ0n) is 10.7. The number of carbonyl (C=O) groups is 1. The van der Waals surface area contributed by atoms with E-state index in [0.717, 1.165) is 12.1 Å². The Bertz CT molecular complexity index is 807. The zero-order valence-corrected chi connectivity index (χ0v) is 15.8. The first-order valence-corrected chi connectivity index (χ1v) is 9.26. The highest BCUT2D eigenvalue weighted by Crippen LogP contribution is 2.32. The second-order valence-corrected chi connectivity index (χ2v) is 7.87. The van der Waals surface area contributed by atoms with E-state index >= 15 is 0 Å². The van der Waals surface area contributed by atoms with Crippen LogP contribution < -0.4 is 4.74 Å². The Morgan fingerprint density at radius 1 is 1.05 bits per heavy atom. The number of hydrogen-bond donors (Lipinski definition) is 2. The van der Waals surface area contributed by atoms with Crippen LogP contribution >= 0.6 is 45.2 Å². The normalized spacial score (nSPS) is 11.2. The van der Waals surface area contributed by atoms with Crippen LogP contribution in [0.3, 0.4) is 0 Å². The smallest absolute Gasteiger partial charge is 0.343 e. The van der Waals surface area contributed by atoms with Gasteiger partial charge < -0.3 is 9.84 Å². The lowest BCUT2D eigenvalue weighted by atomic mass is 10.2. The third-order valence-corrected chi connectivity index (χ3v) is 5.04. The maximum atomic E-state index is 12.1. The molecule has 6 nitrogen and oxygen atoms in total. The summed E-state index contributed by atoms with van der Waals surface area (Å²) in [6.45, 7) is 0. The largest absolute Gasteiger partial charge is 0.508 e. The lowest BCUT2D eigenvalue weighted by Gasteiger charge is -2.09. The van der Waals surface area contributed by atoms with Crippen molar-refractivity contribution < 1.29 is 27.6 Å². The van der Waals surface area contributed by atoms with Crippen molar-refractivity contribution in [1.29, 1.82) is 0 Å². The molecule has 0 aliphatic heterocycles. The van der Waals surface area contributed by atoms with E-state index < -0.39 is 16.1 Å². The van der Waals surface area contributed by atoms with Crippen LogP contribution in [0, 0.1) is 7.14 Å². The van der Waals surface area contributed by atoms with Crippen LogP contribution in [0.4, 0.5) is 0 Å². The molecule has 0 spiro atoms. The number of esters is 1. The van der Waals surface area contributed by atoms with Gasteiger partial charge in [-0.25, -0.2) is 4.79 Å². The molecule has 0 atom stereocenters. The Morgan fingerprint density at radius 3 is 2.00 bits per heavy atom. The van der Waals surface area contributed by atoms with Crippen molar-refractivity contribution in [2.45, 2.75) is 4.90 Å². The predicted molar refractivity (Wildman–Crippen MR) is 94.8 cm³/mol. The molecule has 116 valence electrons. The Balaban J connectivity index is 2.27. The molecule has 0 aliphatic rings. The molecule has 0 radical (unpaired) electrons. The summed E-state index contributed by atoms with van der Waals surface area (Å²) in [5.74, 6) is -0.308. The predicted octanol–water partition coefficient (Wildman–Crippen LogP) is 3.07. The van der Waals surface area contributed by atoms with Gasteiger partial charge in [-0.3, -0.25) is 4.55 Å². The van der Waals surface area contributed by atoms with Crippen molar-refractivity contribution >= 4 is 61.3 Å². The first-order chi connectivity index (χ1) is 10.2. The van der Waals surface area contributed by atoms with Crippen molar-refractivity contribution in [3.05, 3.63) is 49.1 Å². The maximum absolute atomic E-state index is 12.1. The number of phenols is 1. The molecule has 0 bridgehead atoms. The van der Waals surface area contributed by atoms with Crippen LogP contribution in [0.1, 0.15) is 10.4 Å². The van der Waals surface area contributed by atoms with E-state index in [1.165, 1.54) is 24.3 Å². The van der Waals surface area contributed by atoms with Gasteiger partial charge in [-0.2, -0.15) is 8.42 Å². The molecule has 0 amide bonds. The van der Waals surface area contributed by atoms with Gasteiger partial charge in [-0.1, -0.05) is 0 Å². The standard InChI is InChI=1S/C13H8I2O6S/c14-10-5-8(16)6-11(15)12(10)21-13(17)7-1-3-9(4-2-7)22(18,19)20/h1-6,16H,(H,18,19,20). The molecule has 2 aromatic rings. The van der Waals surface area contributed by atoms with Gasteiger partial charge in [0.05, 0.1) is 17.6 Å². The van der Waals surface area contributed by atoms with E-state index in [2.05, 4.69) is 0 Å². The summed E-state index contributed by atoms with van der Waals surface area (Å²) in [4.78, 5) is 11.8. The topological polar surface area (TPSA) is 101 Å². The van der Waals surface area contributed by atoms with E-state index in [1.807, 2.05) is 45.2 Å². The summed E-state index contributed by atoms with van der Waals surface area (Å²) < 4.78 is 37.1. The molecular weight excluding hydrogens is 538 g/mol. The Hall–Kier alpha value is -0.920. The summed E-state index contributed by atoms with van der Waals surface area (Å²) in [5.41, 5.74) is 0.132. The summed E-state index contributed by atoms with van der Waals surface area (Å²) in [7, 11) is -4.30. The average Bonchev–Trinajstić information content (AvgIpc) is 2.41. The van der Waals surface area contributed by atoms with Crippen LogP contribution in [0.25, 0.3) is 0 Å². The Morgan fingerprint density at radius 2 is 1.55 bits per heavy atom. The molecule has 0 saturated carbocycles. The molecule has 22 heavy (non-hydrogen) atoms. The maximum Gasteiger partial charge on any atom is 0.343 e. The Kier molecular flexibility index (Phi) is 5.29. The van der Waals surface area contributed by atoms with Gasteiger partial charge in [-0.05, 0) is 81.6 Å². The van der Waals surface area contributed by atoms with Crippen molar-refractivity contribution in [2.24, 2.45) is 0 Å². The second-order valence-electron chi connectivity index (χ2n) is 4.13. The highest BCUT2D eigenvalue weighted by molar-refractivity contribution is 14.1. The minimum atomic E-state index is -4.30. The third-order valence-electron chi connectivity index (χ3n) is 2.57. The summed E-state index contributed by atoms with van der Waals surface area (Å²) in [6.07, 6.45) is 0. The van der Waals surface area contributed by atoms with Gasteiger partial charge in [0.15, 0.2) is 5.75 Å². The van der Waals surface area contributed by atoms with Crippen molar-refractivity contribution in [2.75, 3.05) is 0 Å². The number of ether oxygens (including phenoxy) is 1. The van der Waals surface area contributed by atoms with Gasteiger partial charge in [0, 0.05) is 0 Å². The number of benzene rings is 2. The first-order valence-electron chi connectivity index (χ1n) is 5.66. The molecule has 0 aromatic heterocycles. The number of halogens is 2. The van der Waals surface area contributed by atoms with Crippen LogP contribution in [0.15, 0.2) is 41.3 Å². The highest BCUT2D eigenvalue weighted by atomic mass is 127. The van der Waals surface area contributed by atoms with Crippen molar-refractivity contribution in [3.8, 4) is 11.5 Å². The monoisotopic (exact) mass is 546 g/mol. The summed E-state index contributed by atoms with van der Waals surface area (Å²) >= 11 is 3.85. The van der Waals surface area contributed by atoms with Gasteiger partial charge in [0.25, 0.3) is 10.1 Å². The fourth-order valence-electron chi connectivity index (χ4n) is 1.56. The lowest BCUT2D eigenvalue weighted by molar-refractivity contribution is 0.0731. The zero-order chi connectivity index (χ0) is 16.5. The lowest BCUT2D eigenvalue weighted by Crippen LogP contribution is -2.10. The van der Waals surface area contributed by atoms with Crippen LogP contribution in [-0.4, -0.2) is 24.0 Å². The molecular formula is C13H8I2O6S. The number of phenolic OH excluding ortho intramolecular Hbond substituents is 1. The van der Waals surface area contributed by atoms with Crippen molar-refractivity contribution in [1.82, 2.24) is 0 Å². The third kappa shape index (κ3) is 4.08. The highest BCUT2D eigenvalue weighted by Gasteiger charge is 2.16. The Labute approximate surface area is 153 Å². The number of rotatable bonds is 3. The molecule has 0 unspecified atom stereocenters. The fraction of sp³-hybridized carbons (Fsp3) is 0. The molecule has 0 aliphatic carbocycles.